The van der Waals surface area contributed by atoms with E-state index in [-0.39, 0.29) is 17.2 Å². The molecule has 0 saturated heterocycles. The number of nitrogens with one attached hydrogen (secondary N) is 2. The number of amides is 2. The van der Waals surface area contributed by atoms with Crippen molar-refractivity contribution in [1.29, 1.82) is 0 Å². The average Bonchev–Trinajstić information content (AvgIpc) is 3.03. The fourth-order valence-corrected chi connectivity index (χ4v) is 2.20. The minimum absolute atomic E-state index is 0.137. The summed E-state index contributed by atoms with van der Waals surface area (Å²) >= 11 is 4.08. The Labute approximate surface area is 108 Å². The summed E-state index contributed by atoms with van der Waals surface area (Å²) in [5, 5.41) is 5.51. The molecule has 4 nitrogen and oxygen atoms in total. The van der Waals surface area contributed by atoms with Crippen molar-refractivity contribution in [2.24, 2.45) is 11.3 Å². The molecule has 1 fully saturated rings. The van der Waals surface area contributed by atoms with Crippen LogP contribution < -0.4 is 10.6 Å². The van der Waals surface area contributed by atoms with Crippen molar-refractivity contribution in [1.82, 2.24) is 10.6 Å². The molecule has 0 aromatic heterocycles. The Morgan fingerprint density at radius 2 is 1.94 bits per heavy atom. The predicted octanol–water partition coefficient (Wildman–Crippen LogP) is 0.973. The molecular weight excluding hydrogens is 236 g/mol. The lowest BCUT2D eigenvalue weighted by molar-refractivity contribution is -0.127. The Kier molecular flexibility index (Phi) is 4.86. The van der Waals surface area contributed by atoms with Crippen LogP contribution in [-0.4, -0.2) is 30.2 Å². The van der Waals surface area contributed by atoms with Crippen molar-refractivity contribution in [2.45, 2.75) is 39.7 Å². The van der Waals surface area contributed by atoms with Crippen molar-refractivity contribution >= 4 is 24.4 Å². The predicted molar refractivity (Wildman–Crippen MR) is 71.0 cm³/mol. The molecule has 0 aliphatic heterocycles. The Morgan fingerprint density at radius 3 is 2.29 bits per heavy atom. The molecule has 1 aliphatic carbocycles. The molecule has 2 amide bonds. The van der Waals surface area contributed by atoms with Gasteiger partial charge in [-0.3, -0.25) is 9.59 Å². The third kappa shape index (κ3) is 3.91. The molecule has 1 aliphatic rings. The molecule has 1 rings (SSSR count). The van der Waals surface area contributed by atoms with E-state index in [0.29, 0.717) is 18.2 Å². The van der Waals surface area contributed by atoms with E-state index >= 15 is 0 Å². The summed E-state index contributed by atoms with van der Waals surface area (Å²) in [7, 11) is 0. The summed E-state index contributed by atoms with van der Waals surface area (Å²) in [5.74, 6) is 0.560. The third-order valence-electron chi connectivity index (χ3n) is 3.61. The van der Waals surface area contributed by atoms with Gasteiger partial charge in [0.2, 0.25) is 11.8 Å². The first-order chi connectivity index (χ1) is 7.91. The zero-order valence-electron chi connectivity index (χ0n) is 10.7. The lowest BCUT2D eigenvalue weighted by Gasteiger charge is -2.22. The normalized spacial score (nSPS) is 18.6. The standard InChI is InChI=1S/C12H22N2O2S/c1-8(2)12(4-5-12)7-13-11(16)10(6-17)14-9(3)15/h8,10,17H,4-7H2,1-3H3,(H,13,16)(H,14,15). The minimum Gasteiger partial charge on any atom is -0.354 e. The van der Waals surface area contributed by atoms with Gasteiger partial charge in [-0.05, 0) is 24.2 Å². The van der Waals surface area contributed by atoms with Gasteiger partial charge in [-0.1, -0.05) is 13.8 Å². The van der Waals surface area contributed by atoms with Crippen LogP contribution in [0.2, 0.25) is 0 Å². The van der Waals surface area contributed by atoms with E-state index in [2.05, 4.69) is 37.1 Å². The Hall–Kier alpha value is -0.710. The maximum Gasteiger partial charge on any atom is 0.243 e. The van der Waals surface area contributed by atoms with Gasteiger partial charge in [0.25, 0.3) is 0 Å². The second-order valence-corrected chi connectivity index (χ2v) is 5.54. The largest absolute Gasteiger partial charge is 0.354 e. The molecule has 17 heavy (non-hydrogen) atoms. The second-order valence-electron chi connectivity index (χ2n) is 5.17. The van der Waals surface area contributed by atoms with Crippen molar-refractivity contribution in [3.8, 4) is 0 Å². The van der Waals surface area contributed by atoms with Gasteiger partial charge in [-0.25, -0.2) is 0 Å². The number of thiol groups is 1. The van der Waals surface area contributed by atoms with E-state index in [1.54, 1.807) is 0 Å². The van der Waals surface area contributed by atoms with Gasteiger partial charge in [0.05, 0.1) is 0 Å². The molecule has 1 saturated carbocycles. The van der Waals surface area contributed by atoms with Crippen LogP contribution in [-0.2, 0) is 9.59 Å². The molecule has 0 radical (unpaired) electrons. The van der Waals surface area contributed by atoms with E-state index in [4.69, 9.17) is 0 Å². The van der Waals surface area contributed by atoms with Crippen molar-refractivity contribution in [3.63, 3.8) is 0 Å². The summed E-state index contributed by atoms with van der Waals surface area (Å²) in [6.45, 7) is 6.47. The minimum atomic E-state index is -0.529. The van der Waals surface area contributed by atoms with Gasteiger partial charge in [-0.15, -0.1) is 0 Å². The highest BCUT2D eigenvalue weighted by Gasteiger charge is 2.45. The van der Waals surface area contributed by atoms with Gasteiger partial charge in [-0.2, -0.15) is 12.6 Å². The zero-order chi connectivity index (χ0) is 13.1. The summed E-state index contributed by atoms with van der Waals surface area (Å²) in [5.41, 5.74) is 0.285. The molecule has 2 N–H and O–H groups in total. The third-order valence-corrected chi connectivity index (χ3v) is 3.97. The molecule has 0 aromatic rings. The van der Waals surface area contributed by atoms with Crippen LogP contribution in [0.3, 0.4) is 0 Å². The number of carbonyl (C=O) groups is 2. The number of rotatable bonds is 6. The first kappa shape index (κ1) is 14.4. The fraction of sp³-hybridized carbons (Fsp3) is 0.833. The average molecular weight is 258 g/mol. The van der Waals surface area contributed by atoms with Gasteiger partial charge < -0.3 is 10.6 Å². The molecule has 0 bridgehead atoms. The summed E-state index contributed by atoms with van der Waals surface area (Å²) in [4.78, 5) is 22.7. The van der Waals surface area contributed by atoms with Crippen LogP contribution in [0.5, 0.6) is 0 Å². The van der Waals surface area contributed by atoms with Crippen molar-refractivity contribution in [2.75, 3.05) is 12.3 Å². The highest BCUT2D eigenvalue weighted by atomic mass is 32.1. The van der Waals surface area contributed by atoms with Crippen LogP contribution in [0.25, 0.3) is 0 Å². The first-order valence-corrected chi connectivity index (χ1v) is 6.70. The maximum atomic E-state index is 11.8. The van der Waals surface area contributed by atoms with E-state index in [9.17, 15) is 9.59 Å². The highest BCUT2D eigenvalue weighted by Crippen LogP contribution is 2.51. The van der Waals surface area contributed by atoms with E-state index in [1.807, 2.05) is 0 Å². The second kappa shape index (κ2) is 5.76. The molecule has 98 valence electrons. The number of carbonyl (C=O) groups excluding carboxylic acids is 2. The highest BCUT2D eigenvalue weighted by molar-refractivity contribution is 7.80. The maximum absolute atomic E-state index is 11.8. The van der Waals surface area contributed by atoms with Gasteiger partial charge in [0, 0.05) is 19.2 Å². The summed E-state index contributed by atoms with van der Waals surface area (Å²) in [6, 6.07) is -0.529. The number of hydrogen-bond acceptors (Lipinski definition) is 3. The first-order valence-electron chi connectivity index (χ1n) is 6.07. The molecule has 0 aromatic carbocycles. The summed E-state index contributed by atoms with van der Waals surface area (Å²) in [6.07, 6.45) is 2.35. The van der Waals surface area contributed by atoms with Crippen LogP contribution in [0, 0.1) is 11.3 Å². The quantitative estimate of drug-likeness (QED) is 0.622. The molecule has 0 heterocycles. The van der Waals surface area contributed by atoms with Crippen molar-refractivity contribution in [3.05, 3.63) is 0 Å². The Balaban J connectivity index is 2.40. The molecule has 1 atom stereocenters. The van der Waals surface area contributed by atoms with E-state index < -0.39 is 6.04 Å². The van der Waals surface area contributed by atoms with Crippen molar-refractivity contribution < 1.29 is 9.59 Å². The molecule has 5 heteroatoms. The van der Waals surface area contributed by atoms with Gasteiger partial charge >= 0.3 is 0 Å². The topological polar surface area (TPSA) is 58.2 Å². The van der Waals surface area contributed by atoms with Gasteiger partial charge in [0.1, 0.15) is 6.04 Å². The Bertz CT molecular complexity index is 301. The molecular formula is C12H22N2O2S. The lowest BCUT2D eigenvalue weighted by atomic mass is 9.92. The summed E-state index contributed by atoms with van der Waals surface area (Å²) < 4.78 is 0. The van der Waals surface area contributed by atoms with Gasteiger partial charge in [0.15, 0.2) is 0 Å². The van der Waals surface area contributed by atoms with E-state index in [0.717, 1.165) is 0 Å². The smallest absolute Gasteiger partial charge is 0.243 e. The van der Waals surface area contributed by atoms with E-state index in [1.165, 1.54) is 19.8 Å². The van der Waals surface area contributed by atoms with Crippen LogP contribution in [0.15, 0.2) is 0 Å². The molecule has 1 unspecified atom stereocenters. The SMILES string of the molecule is CC(=O)NC(CS)C(=O)NCC1(C(C)C)CC1. The van der Waals surface area contributed by atoms with Crippen LogP contribution >= 0.6 is 12.6 Å². The number of hydrogen-bond donors (Lipinski definition) is 3. The lowest BCUT2D eigenvalue weighted by Crippen LogP contribution is -2.48. The Morgan fingerprint density at radius 1 is 1.35 bits per heavy atom. The van der Waals surface area contributed by atoms with Crippen LogP contribution in [0.4, 0.5) is 0 Å². The van der Waals surface area contributed by atoms with Crippen LogP contribution in [0.1, 0.15) is 33.6 Å². The monoisotopic (exact) mass is 258 g/mol. The zero-order valence-corrected chi connectivity index (χ0v) is 11.6. The fourth-order valence-electron chi connectivity index (χ4n) is 1.94. The molecule has 0 spiro atoms.